The van der Waals surface area contributed by atoms with E-state index in [4.69, 9.17) is 9.69 Å². The Labute approximate surface area is 101 Å². The zero-order chi connectivity index (χ0) is 12.7. The van der Waals surface area contributed by atoms with E-state index in [-0.39, 0.29) is 0 Å². The van der Waals surface area contributed by atoms with E-state index < -0.39 is 13.9 Å². The van der Waals surface area contributed by atoms with Crippen molar-refractivity contribution >= 4 is 8.32 Å². The summed E-state index contributed by atoms with van der Waals surface area (Å²) >= 11 is 0. The SMILES string of the molecule is CCCCC/C=C/[C@](C)(C#N)O[Si](C)(C)C. The van der Waals surface area contributed by atoms with Crippen LogP contribution in [0.25, 0.3) is 0 Å². The van der Waals surface area contributed by atoms with E-state index in [9.17, 15) is 0 Å². The van der Waals surface area contributed by atoms with Gasteiger partial charge < -0.3 is 4.43 Å². The third kappa shape index (κ3) is 7.67. The lowest BCUT2D eigenvalue weighted by Gasteiger charge is -2.27. The molecule has 92 valence electrons. The van der Waals surface area contributed by atoms with Crippen LogP contribution in [-0.4, -0.2) is 13.9 Å². The summed E-state index contributed by atoms with van der Waals surface area (Å²) in [5, 5.41) is 9.15. The molecule has 3 heteroatoms. The van der Waals surface area contributed by atoms with Gasteiger partial charge in [0.25, 0.3) is 0 Å². The minimum Gasteiger partial charge on any atom is -0.397 e. The first kappa shape index (κ1) is 15.4. The Morgan fingerprint density at radius 3 is 2.38 bits per heavy atom. The normalized spacial score (nSPS) is 16.0. The summed E-state index contributed by atoms with van der Waals surface area (Å²) in [6.07, 6.45) is 8.72. The van der Waals surface area contributed by atoms with Crippen molar-refractivity contribution in [3.63, 3.8) is 0 Å². The lowest BCUT2D eigenvalue weighted by molar-refractivity contribution is 0.192. The van der Waals surface area contributed by atoms with Crippen LogP contribution in [0.1, 0.15) is 39.5 Å². The summed E-state index contributed by atoms with van der Waals surface area (Å²) in [5.41, 5.74) is -0.739. The second-order valence-electron chi connectivity index (χ2n) is 5.33. The fourth-order valence-electron chi connectivity index (χ4n) is 1.55. The van der Waals surface area contributed by atoms with Crippen molar-refractivity contribution in [2.24, 2.45) is 0 Å². The Bertz CT molecular complexity index is 262. The Hall–Kier alpha value is -0.593. The number of nitriles is 1. The first-order chi connectivity index (χ1) is 7.33. The molecule has 0 N–H and O–H groups in total. The fraction of sp³-hybridized carbons (Fsp3) is 0.769. The summed E-state index contributed by atoms with van der Waals surface area (Å²) in [6.45, 7) is 10.4. The summed E-state index contributed by atoms with van der Waals surface area (Å²) in [5.74, 6) is 0. The van der Waals surface area contributed by atoms with E-state index in [2.05, 4.69) is 38.7 Å². The summed E-state index contributed by atoms with van der Waals surface area (Å²) in [7, 11) is -1.66. The molecule has 0 radical (unpaired) electrons. The smallest absolute Gasteiger partial charge is 0.186 e. The van der Waals surface area contributed by atoms with Gasteiger partial charge in [0.15, 0.2) is 13.9 Å². The number of unbranched alkanes of at least 4 members (excludes halogenated alkanes) is 3. The molecule has 0 bridgehead atoms. The molecule has 1 atom stereocenters. The molecular weight excluding hydrogens is 214 g/mol. The standard InChI is InChI=1S/C13H25NOSi/c1-6-7-8-9-10-11-13(2,12-14)15-16(3,4)5/h10-11H,6-9H2,1-5H3/b11-10+/t13-/m1/s1. The van der Waals surface area contributed by atoms with Crippen LogP contribution in [0, 0.1) is 11.3 Å². The minimum absolute atomic E-state index is 0.739. The van der Waals surface area contributed by atoms with Crippen LogP contribution in [0.5, 0.6) is 0 Å². The van der Waals surface area contributed by atoms with E-state index in [1.54, 1.807) is 0 Å². The Balaban J connectivity index is 4.22. The van der Waals surface area contributed by atoms with Crippen molar-refractivity contribution in [3.05, 3.63) is 12.2 Å². The zero-order valence-electron chi connectivity index (χ0n) is 11.3. The second kappa shape index (κ2) is 6.88. The van der Waals surface area contributed by atoms with Crippen molar-refractivity contribution < 1.29 is 4.43 Å². The van der Waals surface area contributed by atoms with Gasteiger partial charge in [-0.05, 0) is 45.5 Å². The topological polar surface area (TPSA) is 33.0 Å². The van der Waals surface area contributed by atoms with Crippen LogP contribution in [0.15, 0.2) is 12.2 Å². The Morgan fingerprint density at radius 1 is 1.31 bits per heavy atom. The van der Waals surface area contributed by atoms with Gasteiger partial charge in [-0.25, -0.2) is 0 Å². The van der Waals surface area contributed by atoms with E-state index in [1.165, 1.54) is 19.3 Å². The molecule has 0 aromatic rings. The van der Waals surface area contributed by atoms with Crippen LogP contribution in [0.4, 0.5) is 0 Å². The maximum absolute atomic E-state index is 9.15. The van der Waals surface area contributed by atoms with Crippen molar-refractivity contribution in [1.29, 1.82) is 5.26 Å². The molecule has 0 rings (SSSR count). The van der Waals surface area contributed by atoms with Gasteiger partial charge in [-0.3, -0.25) is 0 Å². The average Bonchev–Trinajstić information content (AvgIpc) is 2.15. The third-order valence-corrected chi connectivity index (χ3v) is 3.19. The molecule has 0 spiro atoms. The van der Waals surface area contributed by atoms with Crippen LogP contribution in [-0.2, 0) is 4.43 Å². The van der Waals surface area contributed by atoms with Gasteiger partial charge >= 0.3 is 0 Å². The summed E-state index contributed by atoms with van der Waals surface area (Å²) in [6, 6.07) is 2.25. The van der Waals surface area contributed by atoms with Crippen molar-refractivity contribution in [3.8, 4) is 6.07 Å². The highest BCUT2D eigenvalue weighted by Gasteiger charge is 2.28. The molecule has 16 heavy (non-hydrogen) atoms. The molecule has 0 aliphatic rings. The lowest BCUT2D eigenvalue weighted by atomic mass is 10.1. The average molecular weight is 239 g/mol. The first-order valence-electron chi connectivity index (χ1n) is 6.12. The highest BCUT2D eigenvalue weighted by molar-refractivity contribution is 6.69. The van der Waals surface area contributed by atoms with Gasteiger partial charge in [0.05, 0.1) is 0 Å². The number of rotatable bonds is 7. The van der Waals surface area contributed by atoms with Crippen molar-refractivity contribution in [2.75, 3.05) is 0 Å². The largest absolute Gasteiger partial charge is 0.397 e. The number of hydrogen-bond donors (Lipinski definition) is 0. The molecule has 0 unspecified atom stereocenters. The highest BCUT2D eigenvalue weighted by atomic mass is 28.4. The fourth-order valence-corrected chi connectivity index (χ4v) is 2.94. The second-order valence-corrected chi connectivity index (χ2v) is 9.76. The molecule has 0 aromatic carbocycles. The lowest BCUT2D eigenvalue weighted by Crippen LogP contribution is -2.38. The number of nitrogens with zero attached hydrogens (tertiary/aromatic N) is 1. The van der Waals surface area contributed by atoms with Gasteiger partial charge in [-0.15, -0.1) is 0 Å². The van der Waals surface area contributed by atoms with Crippen LogP contribution < -0.4 is 0 Å². The minimum atomic E-state index is -1.66. The maximum Gasteiger partial charge on any atom is 0.186 e. The van der Waals surface area contributed by atoms with Crippen LogP contribution in [0.3, 0.4) is 0 Å². The molecule has 0 aliphatic carbocycles. The molecular formula is C13H25NOSi. The number of allylic oxidation sites excluding steroid dienone is 1. The molecule has 0 aliphatic heterocycles. The van der Waals surface area contributed by atoms with Crippen LogP contribution >= 0.6 is 0 Å². The third-order valence-electron chi connectivity index (χ3n) is 2.15. The van der Waals surface area contributed by atoms with E-state index in [1.807, 2.05) is 13.0 Å². The van der Waals surface area contributed by atoms with Gasteiger partial charge in [0.2, 0.25) is 0 Å². The monoisotopic (exact) mass is 239 g/mol. The summed E-state index contributed by atoms with van der Waals surface area (Å²) < 4.78 is 5.87. The van der Waals surface area contributed by atoms with E-state index in [0.29, 0.717) is 0 Å². The highest BCUT2D eigenvalue weighted by Crippen LogP contribution is 2.19. The molecule has 0 amide bonds. The van der Waals surface area contributed by atoms with Crippen LogP contribution in [0.2, 0.25) is 19.6 Å². The predicted molar refractivity (Wildman–Crippen MR) is 71.7 cm³/mol. The van der Waals surface area contributed by atoms with Gasteiger partial charge in [-0.2, -0.15) is 5.26 Å². The van der Waals surface area contributed by atoms with Gasteiger partial charge in [-0.1, -0.05) is 25.8 Å². The molecule has 0 fully saturated rings. The van der Waals surface area contributed by atoms with Gasteiger partial charge in [0.1, 0.15) is 6.07 Å². The Morgan fingerprint density at radius 2 is 1.94 bits per heavy atom. The van der Waals surface area contributed by atoms with Crippen molar-refractivity contribution in [2.45, 2.75) is 64.8 Å². The molecule has 0 heterocycles. The molecule has 2 nitrogen and oxygen atoms in total. The first-order valence-corrected chi connectivity index (χ1v) is 9.53. The summed E-state index contributed by atoms with van der Waals surface area (Å²) in [4.78, 5) is 0. The molecule has 0 aromatic heterocycles. The Kier molecular flexibility index (Phi) is 6.62. The van der Waals surface area contributed by atoms with E-state index in [0.717, 1.165) is 6.42 Å². The van der Waals surface area contributed by atoms with E-state index >= 15 is 0 Å². The quantitative estimate of drug-likeness (QED) is 0.378. The zero-order valence-corrected chi connectivity index (χ0v) is 12.3. The number of hydrogen-bond acceptors (Lipinski definition) is 2. The maximum atomic E-state index is 9.15. The van der Waals surface area contributed by atoms with Crippen molar-refractivity contribution in [1.82, 2.24) is 0 Å². The van der Waals surface area contributed by atoms with Gasteiger partial charge in [0, 0.05) is 0 Å². The molecule has 0 saturated carbocycles. The molecule has 0 saturated heterocycles. The predicted octanol–water partition coefficient (Wildman–Crippen LogP) is 4.26.